The van der Waals surface area contributed by atoms with Crippen molar-refractivity contribution >= 4 is 29.6 Å². The van der Waals surface area contributed by atoms with Gasteiger partial charge in [0.05, 0.1) is 23.9 Å². The van der Waals surface area contributed by atoms with Gasteiger partial charge in [0.15, 0.2) is 0 Å². The van der Waals surface area contributed by atoms with E-state index in [0.717, 1.165) is 4.90 Å². The molecule has 0 aromatic heterocycles. The van der Waals surface area contributed by atoms with E-state index in [9.17, 15) is 24.0 Å². The molecule has 1 fully saturated rings. The van der Waals surface area contributed by atoms with Crippen molar-refractivity contribution < 1.29 is 28.7 Å². The Morgan fingerprint density at radius 2 is 1.75 bits per heavy atom. The topological polar surface area (TPSA) is 113 Å². The molecule has 2 aliphatic rings. The van der Waals surface area contributed by atoms with Crippen LogP contribution in [0.3, 0.4) is 0 Å². The van der Waals surface area contributed by atoms with E-state index in [4.69, 9.17) is 4.74 Å². The molecule has 0 radical (unpaired) electrons. The highest BCUT2D eigenvalue weighted by atomic mass is 16.5. The molecule has 3 rings (SSSR count). The fraction of sp³-hybridized carbons (Fsp3) is 0.435. The number of carbonyl (C=O) groups is 5. The SMILES string of the molecule is C=C(NC(=O)[C@H](CC(C)C)N1C(=O)c2ccccc2C1=O)C(=O)N1CCC[C@H]1C(=O)OC. The maximum absolute atomic E-state index is 13.1. The van der Waals surface area contributed by atoms with E-state index in [1.54, 1.807) is 24.3 Å². The smallest absolute Gasteiger partial charge is 0.328 e. The van der Waals surface area contributed by atoms with Crippen LogP contribution in [0.1, 0.15) is 53.8 Å². The van der Waals surface area contributed by atoms with Crippen molar-refractivity contribution in [2.24, 2.45) is 5.92 Å². The van der Waals surface area contributed by atoms with Gasteiger partial charge in [0, 0.05) is 6.54 Å². The molecular formula is C23H27N3O6. The number of ether oxygens (including phenoxy) is 1. The van der Waals surface area contributed by atoms with Crippen LogP contribution in [0.25, 0.3) is 0 Å². The Kier molecular flexibility index (Phi) is 6.76. The van der Waals surface area contributed by atoms with Gasteiger partial charge < -0.3 is 15.0 Å². The number of likely N-dealkylation sites (tertiary alicyclic amines) is 1. The summed E-state index contributed by atoms with van der Waals surface area (Å²) in [5.41, 5.74) is 0.259. The van der Waals surface area contributed by atoms with Crippen LogP contribution in [-0.2, 0) is 19.1 Å². The lowest BCUT2D eigenvalue weighted by molar-refractivity contribution is -0.150. The van der Waals surface area contributed by atoms with Crippen LogP contribution in [0.4, 0.5) is 0 Å². The molecule has 170 valence electrons. The predicted octanol–water partition coefficient (Wildman–Crippen LogP) is 1.49. The van der Waals surface area contributed by atoms with E-state index in [-0.39, 0.29) is 29.2 Å². The minimum Gasteiger partial charge on any atom is -0.467 e. The van der Waals surface area contributed by atoms with Crippen LogP contribution in [0.5, 0.6) is 0 Å². The Bertz CT molecular complexity index is 951. The average molecular weight is 441 g/mol. The maximum Gasteiger partial charge on any atom is 0.328 e. The fourth-order valence-corrected chi connectivity index (χ4v) is 4.12. The zero-order chi connectivity index (χ0) is 23.6. The van der Waals surface area contributed by atoms with Crippen molar-refractivity contribution in [1.82, 2.24) is 15.1 Å². The number of rotatable bonds is 7. The third-order valence-corrected chi connectivity index (χ3v) is 5.65. The summed E-state index contributed by atoms with van der Waals surface area (Å²) in [5.74, 6) is -2.92. The Morgan fingerprint density at radius 3 is 2.28 bits per heavy atom. The summed E-state index contributed by atoms with van der Waals surface area (Å²) in [6.45, 7) is 7.72. The van der Waals surface area contributed by atoms with Crippen molar-refractivity contribution in [2.75, 3.05) is 13.7 Å². The molecule has 9 heteroatoms. The van der Waals surface area contributed by atoms with E-state index in [1.165, 1.54) is 12.0 Å². The quantitative estimate of drug-likeness (QED) is 0.390. The van der Waals surface area contributed by atoms with Crippen LogP contribution in [0.2, 0.25) is 0 Å². The molecule has 0 bridgehead atoms. The summed E-state index contributed by atoms with van der Waals surface area (Å²) < 4.78 is 4.75. The number of esters is 1. The highest BCUT2D eigenvalue weighted by Crippen LogP contribution is 2.27. The number of imide groups is 1. The molecule has 1 aromatic rings. The molecule has 32 heavy (non-hydrogen) atoms. The van der Waals surface area contributed by atoms with Crippen LogP contribution < -0.4 is 5.32 Å². The van der Waals surface area contributed by atoms with Gasteiger partial charge in [-0.1, -0.05) is 32.6 Å². The first-order valence-electron chi connectivity index (χ1n) is 10.5. The van der Waals surface area contributed by atoms with Gasteiger partial charge in [-0.25, -0.2) is 4.79 Å². The molecule has 4 amide bonds. The average Bonchev–Trinajstić information content (AvgIpc) is 3.35. The normalized spacial score (nSPS) is 18.6. The second-order valence-electron chi connectivity index (χ2n) is 8.32. The minimum atomic E-state index is -1.11. The molecular weight excluding hydrogens is 414 g/mol. The number of fused-ring (bicyclic) bond motifs is 1. The van der Waals surface area contributed by atoms with Crippen molar-refractivity contribution in [3.05, 3.63) is 47.7 Å². The Morgan fingerprint density at radius 1 is 1.16 bits per heavy atom. The van der Waals surface area contributed by atoms with Gasteiger partial charge >= 0.3 is 5.97 Å². The summed E-state index contributed by atoms with van der Waals surface area (Å²) in [5, 5.41) is 2.46. The molecule has 0 aliphatic carbocycles. The van der Waals surface area contributed by atoms with Crippen molar-refractivity contribution in [3.63, 3.8) is 0 Å². The highest BCUT2D eigenvalue weighted by molar-refractivity contribution is 6.23. The summed E-state index contributed by atoms with van der Waals surface area (Å²) in [6, 6.07) is 4.55. The Hall–Kier alpha value is -3.49. The lowest BCUT2D eigenvalue weighted by atomic mass is 10.0. The fourth-order valence-electron chi connectivity index (χ4n) is 4.12. The first-order valence-corrected chi connectivity index (χ1v) is 10.5. The number of benzene rings is 1. The van der Waals surface area contributed by atoms with Gasteiger partial charge in [-0.2, -0.15) is 0 Å². The largest absolute Gasteiger partial charge is 0.467 e. The van der Waals surface area contributed by atoms with Gasteiger partial charge in [-0.15, -0.1) is 0 Å². The third kappa shape index (κ3) is 4.28. The summed E-state index contributed by atoms with van der Waals surface area (Å²) in [4.78, 5) is 66.0. The number of hydrogen-bond donors (Lipinski definition) is 1. The second-order valence-corrected chi connectivity index (χ2v) is 8.32. The second kappa shape index (κ2) is 9.33. The molecule has 0 spiro atoms. The number of methoxy groups -OCH3 is 1. The third-order valence-electron chi connectivity index (χ3n) is 5.65. The number of amides is 4. The van der Waals surface area contributed by atoms with Gasteiger partial charge in [-0.05, 0) is 37.3 Å². The van der Waals surface area contributed by atoms with E-state index in [0.29, 0.717) is 19.4 Å². The van der Waals surface area contributed by atoms with E-state index >= 15 is 0 Å². The van der Waals surface area contributed by atoms with Gasteiger partial charge in [0.2, 0.25) is 5.91 Å². The van der Waals surface area contributed by atoms with E-state index < -0.39 is 41.7 Å². The van der Waals surface area contributed by atoms with Gasteiger partial charge in [-0.3, -0.25) is 24.1 Å². The molecule has 2 aliphatic heterocycles. The van der Waals surface area contributed by atoms with Crippen LogP contribution in [0.15, 0.2) is 36.5 Å². The number of carbonyl (C=O) groups excluding carboxylic acids is 5. The highest BCUT2D eigenvalue weighted by Gasteiger charge is 2.43. The van der Waals surface area contributed by atoms with E-state index in [1.807, 2.05) is 13.8 Å². The van der Waals surface area contributed by atoms with Crippen molar-refractivity contribution in [2.45, 2.75) is 45.2 Å². The molecule has 1 saturated heterocycles. The number of hydrogen-bond acceptors (Lipinski definition) is 6. The van der Waals surface area contributed by atoms with Crippen molar-refractivity contribution in [3.8, 4) is 0 Å². The summed E-state index contributed by atoms with van der Waals surface area (Å²) >= 11 is 0. The first kappa shape index (κ1) is 23.2. The lowest BCUT2D eigenvalue weighted by Crippen LogP contribution is -2.51. The molecule has 0 unspecified atom stereocenters. The minimum absolute atomic E-state index is 0.0127. The molecule has 9 nitrogen and oxygen atoms in total. The van der Waals surface area contributed by atoms with Crippen LogP contribution in [-0.4, -0.2) is 65.1 Å². The predicted molar refractivity (Wildman–Crippen MR) is 114 cm³/mol. The van der Waals surface area contributed by atoms with Crippen molar-refractivity contribution in [1.29, 1.82) is 0 Å². The summed E-state index contributed by atoms with van der Waals surface area (Å²) in [6.07, 6.45) is 1.30. The monoisotopic (exact) mass is 441 g/mol. The molecule has 2 atom stereocenters. The molecule has 0 saturated carbocycles. The van der Waals surface area contributed by atoms with Gasteiger partial charge in [0.25, 0.3) is 17.7 Å². The zero-order valence-electron chi connectivity index (χ0n) is 18.4. The van der Waals surface area contributed by atoms with Crippen LogP contribution >= 0.6 is 0 Å². The van der Waals surface area contributed by atoms with Crippen LogP contribution in [0, 0.1) is 5.92 Å². The summed E-state index contributed by atoms with van der Waals surface area (Å²) in [7, 11) is 1.25. The van der Waals surface area contributed by atoms with E-state index in [2.05, 4.69) is 11.9 Å². The first-order chi connectivity index (χ1) is 15.2. The molecule has 2 heterocycles. The number of nitrogens with zero attached hydrogens (tertiary/aromatic N) is 2. The standard InChI is InChI=1S/C23H27N3O6/c1-13(2)12-18(26-21(29)15-8-5-6-9-16(15)22(26)30)19(27)24-14(3)20(28)25-11-7-10-17(25)23(31)32-4/h5-6,8-9,13,17-18H,3,7,10-12H2,1-2,4H3,(H,24,27)/t17-,18-/m0/s1. The Balaban J connectivity index is 1.78. The maximum atomic E-state index is 13.1. The molecule has 1 aromatic carbocycles. The van der Waals surface area contributed by atoms with Gasteiger partial charge in [0.1, 0.15) is 12.1 Å². The Labute approximate surface area is 186 Å². The lowest BCUT2D eigenvalue weighted by Gasteiger charge is -2.28. The molecule has 1 N–H and O–H groups in total. The number of nitrogens with one attached hydrogen (secondary N) is 1. The zero-order valence-corrected chi connectivity index (χ0v) is 18.4.